The van der Waals surface area contributed by atoms with E-state index in [1.807, 2.05) is 42.5 Å². The van der Waals surface area contributed by atoms with Gasteiger partial charge in [0.25, 0.3) is 5.56 Å². The van der Waals surface area contributed by atoms with Crippen molar-refractivity contribution >= 4 is 52.9 Å². The number of aromatic amines is 1. The van der Waals surface area contributed by atoms with Gasteiger partial charge in [0.2, 0.25) is 5.95 Å². The number of nitrogens with one attached hydrogen (secondary N) is 3. The fraction of sp³-hybridized carbons (Fsp3) is 0.422. The molecule has 0 radical (unpaired) electrons. The Balaban J connectivity index is 0.785. The molecule has 0 atom stereocenters. The number of nitrogens with zero attached hydrogens (tertiary/aromatic N) is 6. The van der Waals surface area contributed by atoms with Crippen molar-refractivity contribution in [1.29, 1.82) is 0 Å². The van der Waals surface area contributed by atoms with Gasteiger partial charge in [0.05, 0.1) is 30.4 Å². The Morgan fingerprint density at radius 2 is 1.55 bits per heavy atom. The predicted octanol–water partition coefficient (Wildman–Crippen LogP) is 7.27. The fourth-order valence-electron chi connectivity index (χ4n) is 9.16. The predicted molar refractivity (Wildman–Crippen MR) is 243 cm³/mol. The Morgan fingerprint density at radius 1 is 0.833 bits per heavy atom. The average molecular weight is 852 g/mol. The van der Waals surface area contributed by atoms with E-state index in [4.69, 9.17) is 16.3 Å². The largest absolute Gasteiger partial charge is 0.494 e. The van der Waals surface area contributed by atoms with Crippen LogP contribution in [-0.2, 0) is 4.57 Å². The first-order chi connectivity index (χ1) is 29.0. The molecule has 3 aliphatic rings. The number of rotatable bonds is 12. The molecule has 60 heavy (non-hydrogen) atoms. The lowest BCUT2D eigenvalue weighted by atomic mass is 9.78. The minimum absolute atomic E-state index is 0.354. The van der Waals surface area contributed by atoms with Crippen molar-refractivity contribution in [3.05, 3.63) is 117 Å². The molecule has 2 saturated heterocycles. The summed E-state index contributed by atoms with van der Waals surface area (Å²) in [4.78, 5) is 42.9. The second-order valence-electron chi connectivity index (χ2n) is 16.7. The molecule has 0 spiro atoms. The van der Waals surface area contributed by atoms with Gasteiger partial charge in [0, 0.05) is 81.2 Å². The molecule has 15 heteroatoms. The minimum atomic E-state index is -2.54. The van der Waals surface area contributed by atoms with Crippen molar-refractivity contribution < 1.29 is 9.30 Å². The molecule has 1 aliphatic carbocycles. The van der Waals surface area contributed by atoms with Gasteiger partial charge in [-0.3, -0.25) is 19.2 Å². The van der Waals surface area contributed by atoms with Crippen molar-refractivity contribution in [3.8, 4) is 11.4 Å². The lowest BCUT2D eigenvalue weighted by Crippen LogP contribution is -2.53. The zero-order valence-electron chi connectivity index (χ0n) is 34.6. The van der Waals surface area contributed by atoms with Crippen molar-refractivity contribution in [2.24, 2.45) is 5.92 Å². The first-order valence-electron chi connectivity index (χ1n) is 21.0. The monoisotopic (exact) mass is 851 g/mol. The summed E-state index contributed by atoms with van der Waals surface area (Å²) in [5, 5.41) is 7.65. The first-order valence-corrected chi connectivity index (χ1v) is 24.0. The highest BCUT2D eigenvalue weighted by Gasteiger charge is 2.30. The van der Waals surface area contributed by atoms with Gasteiger partial charge < -0.3 is 29.7 Å². The van der Waals surface area contributed by atoms with E-state index >= 15 is 0 Å². The molecular formula is C45H55ClN9O4P. The maximum absolute atomic E-state index is 12.9. The molecule has 8 rings (SSSR count). The molecule has 0 unspecified atom stereocenters. The highest BCUT2D eigenvalue weighted by Crippen LogP contribution is 2.40. The lowest BCUT2D eigenvalue weighted by molar-refractivity contribution is 0.0712. The summed E-state index contributed by atoms with van der Waals surface area (Å²) >= 11 is 6.49. The molecule has 0 amide bonds. The van der Waals surface area contributed by atoms with Gasteiger partial charge in [-0.15, -0.1) is 0 Å². The Kier molecular flexibility index (Phi) is 12.8. The van der Waals surface area contributed by atoms with Crippen LogP contribution >= 0.6 is 18.7 Å². The van der Waals surface area contributed by atoms with Crippen LogP contribution in [0.2, 0.25) is 5.02 Å². The topological polar surface area (TPSA) is 141 Å². The zero-order valence-corrected chi connectivity index (χ0v) is 36.3. The van der Waals surface area contributed by atoms with Crippen LogP contribution in [0.15, 0.2) is 94.8 Å². The van der Waals surface area contributed by atoms with Gasteiger partial charge in [0.1, 0.15) is 17.9 Å². The number of aromatic nitrogens is 4. The Bertz CT molecular complexity index is 2430. The maximum Gasteiger partial charge on any atom is 0.332 e. The van der Waals surface area contributed by atoms with Crippen molar-refractivity contribution in [3.63, 3.8) is 0 Å². The number of anilines is 5. The smallest absolute Gasteiger partial charge is 0.332 e. The van der Waals surface area contributed by atoms with Gasteiger partial charge >= 0.3 is 5.69 Å². The van der Waals surface area contributed by atoms with Crippen molar-refractivity contribution in [1.82, 2.24) is 29.3 Å². The number of piperazine rings is 1. The summed E-state index contributed by atoms with van der Waals surface area (Å²) in [5.74, 6) is 2.78. The summed E-state index contributed by atoms with van der Waals surface area (Å²) in [5.41, 5.74) is 3.88. The van der Waals surface area contributed by atoms with Gasteiger partial charge in [0.15, 0.2) is 5.82 Å². The summed E-state index contributed by atoms with van der Waals surface area (Å²) < 4.78 is 20.2. The zero-order chi connectivity index (χ0) is 41.8. The van der Waals surface area contributed by atoms with Crippen LogP contribution in [0.5, 0.6) is 5.75 Å². The van der Waals surface area contributed by atoms with Gasteiger partial charge in [-0.25, -0.2) is 9.78 Å². The molecule has 2 aliphatic heterocycles. The summed E-state index contributed by atoms with van der Waals surface area (Å²) in [6, 6.07) is 23.9. The number of methoxy groups -OCH3 is 1. The van der Waals surface area contributed by atoms with Crippen LogP contribution in [0.1, 0.15) is 50.0 Å². The third kappa shape index (κ3) is 9.81. The van der Waals surface area contributed by atoms with Crippen LogP contribution in [0.4, 0.5) is 28.8 Å². The molecule has 5 aromatic rings. The fourth-order valence-corrected chi connectivity index (χ4v) is 10.5. The van der Waals surface area contributed by atoms with Gasteiger partial charge in [-0.2, -0.15) is 4.98 Å². The second kappa shape index (κ2) is 18.4. The van der Waals surface area contributed by atoms with Crippen LogP contribution in [0, 0.1) is 5.92 Å². The van der Waals surface area contributed by atoms with Crippen molar-refractivity contribution in [2.75, 3.05) is 81.8 Å². The number of hydrogen-bond acceptors (Lipinski definition) is 11. The molecule has 3 fully saturated rings. The molecule has 13 nitrogen and oxygen atoms in total. The lowest BCUT2D eigenvalue weighted by Gasteiger charge is -2.44. The molecule has 2 aromatic heterocycles. The van der Waals surface area contributed by atoms with E-state index < -0.39 is 12.8 Å². The highest BCUT2D eigenvalue weighted by molar-refractivity contribution is 7.70. The Hall–Kier alpha value is -4.94. The molecule has 316 valence electrons. The van der Waals surface area contributed by atoms with Crippen LogP contribution in [-0.4, -0.2) is 102 Å². The number of ether oxygens (including phenoxy) is 1. The molecular weight excluding hydrogens is 797 g/mol. The number of benzene rings is 3. The van der Waals surface area contributed by atoms with E-state index in [2.05, 4.69) is 64.6 Å². The maximum atomic E-state index is 12.9. The van der Waals surface area contributed by atoms with Gasteiger partial charge in [-0.1, -0.05) is 35.9 Å². The molecule has 4 heterocycles. The highest BCUT2D eigenvalue weighted by atomic mass is 35.5. The third-order valence-electron chi connectivity index (χ3n) is 12.5. The number of para-hydroxylation sites is 1. The van der Waals surface area contributed by atoms with E-state index in [-0.39, 0.29) is 5.56 Å². The summed E-state index contributed by atoms with van der Waals surface area (Å²) in [7, 11) is -0.864. The summed E-state index contributed by atoms with van der Waals surface area (Å²) in [6.07, 6.45) is 10.2. The van der Waals surface area contributed by atoms with Crippen LogP contribution in [0.25, 0.3) is 5.69 Å². The standard InChI is InChI=1S/C45H55ClN9O4P/c1-59-40-28-36(16-17-38(40)49-44-47-29-37(46)43(51-44)48-39-6-4-5-7-41(39)60(2,3)58)53-21-18-34(19-22-53)54-26-24-52(25-27-54)30-31-8-10-32(11-9-31)33-12-14-35(15-13-33)55-23-20-42(56)50-45(55)57/h4-7,12-17,20,23,28-29,31-32,34H,8-11,18-19,21-22,24-27,30H2,1-3H3,(H,50,56,57)(H2,47,48,49,51). The van der Waals surface area contributed by atoms with Gasteiger partial charge in [-0.05, 0) is 106 Å². The SMILES string of the molecule is COc1cc(N2CCC(N3CCN(CC4CCC(c5ccc(-n6ccc(=O)[nH]c6=O)cc5)CC4)CC3)CC2)ccc1Nc1ncc(Cl)c(Nc2ccccc2P(C)(C)=O)n1. The first kappa shape index (κ1) is 41.8. The molecule has 3 N–H and O–H groups in total. The number of halogens is 1. The van der Waals surface area contributed by atoms with E-state index in [9.17, 15) is 14.2 Å². The number of piperidine rings is 1. The minimum Gasteiger partial charge on any atom is -0.494 e. The van der Waals surface area contributed by atoms with E-state index in [0.29, 0.717) is 40.2 Å². The van der Waals surface area contributed by atoms with Crippen LogP contribution in [0.3, 0.4) is 0 Å². The normalized spacial score (nSPS) is 19.6. The quantitative estimate of drug-likeness (QED) is 0.109. The van der Waals surface area contributed by atoms with E-state index in [1.54, 1.807) is 26.6 Å². The molecule has 3 aromatic carbocycles. The van der Waals surface area contributed by atoms with Crippen molar-refractivity contribution in [2.45, 2.75) is 50.5 Å². The summed E-state index contributed by atoms with van der Waals surface area (Å²) in [6.45, 7) is 11.2. The molecule has 1 saturated carbocycles. The van der Waals surface area contributed by atoms with E-state index in [0.717, 1.165) is 80.4 Å². The Morgan fingerprint density at radius 3 is 2.25 bits per heavy atom. The third-order valence-corrected chi connectivity index (χ3v) is 14.3. The van der Waals surface area contributed by atoms with E-state index in [1.165, 1.54) is 54.6 Å². The Labute approximate surface area is 356 Å². The molecule has 0 bridgehead atoms. The number of H-pyrrole nitrogens is 1. The number of hydrogen-bond donors (Lipinski definition) is 3. The average Bonchev–Trinajstić information content (AvgIpc) is 3.25. The second-order valence-corrected chi connectivity index (χ2v) is 20.3. The van der Waals surface area contributed by atoms with Crippen LogP contribution < -0.4 is 36.8 Å².